The number of esters is 1. The highest BCUT2D eigenvalue weighted by atomic mass is 16.6. The van der Waals surface area contributed by atoms with Crippen molar-refractivity contribution < 1.29 is 19.1 Å². The number of amides is 1. The Morgan fingerprint density at radius 2 is 1.58 bits per heavy atom. The molecule has 1 aliphatic heterocycles. The summed E-state index contributed by atoms with van der Waals surface area (Å²) in [4.78, 5) is 26.3. The number of carbonyl (C=O) groups is 2. The van der Waals surface area contributed by atoms with Gasteiger partial charge in [-0.25, -0.2) is 4.79 Å². The van der Waals surface area contributed by atoms with Crippen LogP contribution in [0.15, 0.2) is 30.3 Å². The van der Waals surface area contributed by atoms with Crippen LogP contribution in [0.1, 0.15) is 59.9 Å². The van der Waals surface area contributed by atoms with Gasteiger partial charge in [-0.2, -0.15) is 0 Å². The number of hydrogen-bond acceptors (Lipinski definition) is 5. The van der Waals surface area contributed by atoms with Gasteiger partial charge in [0.15, 0.2) is 0 Å². The molecule has 0 unspecified atom stereocenters. The van der Waals surface area contributed by atoms with E-state index < -0.39 is 11.2 Å². The van der Waals surface area contributed by atoms with Gasteiger partial charge in [0.1, 0.15) is 11.2 Å². The molecule has 1 fully saturated rings. The molecule has 1 amide bonds. The van der Waals surface area contributed by atoms with Gasteiger partial charge in [-0.3, -0.25) is 4.79 Å². The highest BCUT2D eigenvalue weighted by molar-refractivity contribution is 5.69. The Labute approximate surface area is 187 Å². The van der Waals surface area contributed by atoms with Gasteiger partial charge in [-0.1, -0.05) is 30.3 Å². The molecule has 1 aromatic carbocycles. The van der Waals surface area contributed by atoms with E-state index in [4.69, 9.17) is 9.47 Å². The van der Waals surface area contributed by atoms with Gasteiger partial charge in [-0.05, 0) is 84.9 Å². The summed E-state index contributed by atoms with van der Waals surface area (Å²) < 4.78 is 10.9. The molecule has 0 bridgehead atoms. The van der Waals surface area contributed by atoms with Crippen LogP contribution in [-0.4, -0.2) is 54.3 Å². The third-order valence-electron chi connectivity index (χ3n) is 5.13. The third-order valence-corrected chi connectivity index (χ3v) is 5.13. The fourth-order valence-electron chi connectivity index (χ4n) is 3.83. The van der Waals surface area contributed by atoms with E-state index in [1.54, 1.807) is 0 Å². The van der Waals surface area contributed by atoms with Crippen LogP contribution in [-0.2, 0) is 20.7 Å². The van der Waals surface area contributed by atoms with Crippen LogP contribution in [0.3, 0.4) is 0 Å². The number of rotatable bonds is 8. The van der Waals surface area contributed by atoms with E-state index in [2.05, 4.69) is 29.6 Å². The third kappa shape index (κ3) is 9.72. The van der Waals surface area contributed by atoms with Crippen molar-refractivity contribution in [1.82, 2.24) is 10.2 Å². The van der Waals surface area contributed by atoms with Crippen LogP contribution in [0.2, 0.25) is 0 Å². The summed E-state index contributed by atoms with van der Waals surface area (Å²) >= 11 is 0. The average Bonchev–Trinajstić information content (AvgIpc) is 3.02. The molecular weight excluding hydrogens is 392 g/mol. The van der Waals surface area contributed by atoms with Gasteiger partial charge in [0.2, 0.25) is 0 Å². The summed E-state index contributed by atoms with van der Waals surface area (Å²) in [6.07, 6.45) is 1.84. The van der Waals surface area contributed by atoms with Crippen molar-refractivity contribution in [3.63, 3.8) is 0 Å². The molecule has 0 saturated carbocycles. The molecule has 1 saturated heterocycles. The number of hydrogen-bond donors (Lipinski definition) is 1. The SMILES string of the molecule is CC(C)(C)OC(=O)CCCNC[C@@H]1CN(C(=O)OC(C)(C)C)C[C@H]1Cc1ccccc1. The Bertz CT molecular complexity index is 706. The summed E-state index contributed by atoms with van der Waals surface area (Å²) in [5, 5.41) is 3.48. The highest BCUT2D eigenvalue weighted by Gasteiger charge is 2.36. The minimum atomic E-state index is -0.496. The second-order valence-corrected chi connectivity index (χ2v) is 10.5. The van der Waals surface area contributed by atoms with E-state index in [9.17, 15) is 9.59 Å². The zero-order valence-electron chi connectivity index (χ0n) is 20.1. The molecular formula is C25H40N2O4. The lowest BCUT2D eigenvalue weighted by Gasteiger charge is -2.24. The number of likely N-dealkylation sites (tertiary alicyclic amines) is 1. The van der Waals surface area contributed by atoms with Crippen molar-refractivity contribution in [1.29, 1.82) is 0 Å². The lowest BCUT2D eigenvalue weighted by Crippen LogP contribution is -2.36. The summed E-state index contributed by atoms with van der Waals surface area (Å²) in [5.41, 5.74) is 0.349. The van der Waals surface area contributed by atoms with Gasteiger partial charge in [0.05, 0.1) is 0 Å². The van der Waals surface area contributed by atoms with Crippen LogP contribution in [0.5, 0.6) is 0 Å². The Balaban J connectivity index is 1.86. The first-order valence-electron chi connectivity index (χ1n) is 11.4. The van der Waals surface area contributed by atoms with Gasteiger partial charge < -0.3 is 19.7 Å². The molecule has 174 valence electrons. The number of benzene rings is 1. The molecule has 1 aliphatic rings. The second kappa shape index (κ2) is 11.0. The zero-order chi connectivity index (χ0) is 23.1. The molecule has 0 spiro atoms. The van der Waals surface area contributed by atoms with Gasteiger partial charge in [0.25, 0.3) is 0 Å². The van der Waals surface area contributed by atoms with Crippen molar-refractivity contribution in [3.05, 3.63) is 35.9 Å². The topological polar surface area (TPSA) is 67.9 Å². The van der Waals surface area contributed by atoms with E-state index in [1.165, 1.54) is 5.56 Å². The maximum Gasteiger partial charge on any atom is 0.410 e. The smallest absolute Gasteiger partial charge is 0.410 e. The van der Waals surface area contributed by atoms with Crippen LogP contribution in [0.25, 0.3) is 0 Å². The molecule has 2 atom stereocenters. The lowest BCUT2D eigenvalue weighted by atomic mass is 9.89. The normalized spacial score (nSPS) is 19.4. The molecule has 1 N–H and O–H groups in total. The largest absolute Gasteiger partial charge is 0.460 e. The summed E-state index contributed by atoms with van der Waals surface area (Å²) in [6, 6.07) is 10.4. The molecule has 1 aromatic rings. The molecule has 6 nitrogen and oxygen atoms in total. The molecule has 0 radical (unpaired) electrons. The Morgan fingerprint density at radius 1 is 0.968 bits per heavy atom. The average molecular weight is 433 g/mol. The summed E-state index contributed by atoms with van der Waals surface area (Å²) in [7, 11) is 0. The number of ether oxygens (including phenoxy) is 2. The van der Waals surface area contributed by atoms with Crippen molar-refractivity contribution in [2.24, 2.45) is 11.8 Å². The minimum absolute atomic E-state index is 0.159. The van der Waals surface area contributed by atoms with Crippen LogP contribution in [0.4, 0.5) is 4.79 Å². The summed E-state index contributed by atoms with van der Waals surface area (Å²) in [6.45, 7) is 14.3. The van der Waals surface area contributed by atoms with E-state index in [0.29, 0.717) is 31.3 Å². The van der Waals surface area contributed by atoms with E-state index in [1.807, 2.05) is 52.5 Å². The van der Waals surface area contributed by atoms with Crippen LogP contribution < -0.4 is 5.32 Å². The standard InChI is InChI=1S/C25H40N2O4/c1-24(2,3)30-22(28)13-10-14-26-16-21-18-27(23(29)31-25(4,5)6)17-20(21)15-19-11-8-7-9-12-19/h7-9,11-12,20-21,26H,10,13-18H2,1-6H3/t20-,21-/m1/s1. The molecule has 31 heavy (non-hydrogen) atoms. The number of carbonyl (C=O) groups excluding carboxylic acids is 2. The number of nitrogens with zero attached hydrogens (tertiary/aromatic N) is 1. The van der Waals surface area contributed by atoms with E-state index in [0.717, 1.165) is 25.9 Å². The van der Waals surface area contributed by atoms with E-state index >= 15 is 0 Å². The Morgan fingerprint density at radius 3 is 2.19 bits per heavy atom. The molecule has 1 heterocycles. The first-order valence-corrected chi connectivity index (χ1v) is 11.4. The Hall–Kier alpha value is -2.08. The maximum absolute atomic E-state index is 12.6. The quantitative estimate of drug-likeness (QED) is 0.486. The predicted molar refractivity (Wildman–Crippen MR) is 123 cm³/mol. The number of nitrogens with one attached hydrogen (secondary N) is 1. The minimum Gasteiger partial charge on any atom is -0.460 e. The molecule has 2 rings (SSSR count). The Kier molecular flexibility index (Phi) is 8.92. The van der Waals surface area contributed by atoms with Gasteiger partial charge in [0, 0.05) is 19.5 Å². The fourth-order valence-corrected chi connectivity index (χ4v) is 3.83. The van der Waals surface area contributed by atoms with Crippen LogP contribution in [0, 0.1) is 11.8 Å². The fraction of sp³-hybridized carbons (Fsp3) is 0.680. The van der Waals surface area contributed by atoms with Gasteiger partial charge in [-0.15, -0.1) is 0 Å². The molecule has 6 heteroatoms. The molecule has 0 aromatic heterocycles. The van der Waals surface area contributed by atoms with Gasteiger partial charge >= 0.3 is 12.1 Å². The lowest BCUT2D eigenvalue weighted by molar-refractivity contribution is -0.154. The van der Waals surface area contributed by atoms with Crippen molar-refractivity contribution >= 4 is 12.1 Å². The zero-order valence-corrected chi connectivity index (χ0v) is 20.1. The monoisotopic (exact) mass is 432 g/mol. The highest BCUT2D eigenvalue weighted by Crippen LogP contribution is 2.28. The van der Waals surface area contributed by atoms with Crippen LogP contribution >= 0.6 is 0 Å². The summed E-state index contributed by atoms with van der Waals surface area (Å²) in [5.74, 6) is 0.552. The van der Waals surface area contributed by atoms with Crippen molar-refractivity contribution in [3.8, 4) is 0 Å². The van der Waals surface area contributed by atoms with Crippen molar-refractivity contribution in [2.45, 2.75) is 72.0 Å². The maximum atomic E-state index is 12.6. The first-order chi connectivity index (χ1) is 14.4. The first kappa shape index (κ1) is 25.2. The van der Waals surface area contributed by atoms with E-state index in [-0.39, 0.29) is 12.1 Å². The predicted octanol–water partition coefficient (Wildman–Crippen LogP) is 4.42. The molecule has 0 aliphatic carbocycles. The second-order valence-electron chi connectivity index (χ2n) is 10.5. The van der Waals surface area contributed by atoms with Crippen molar-refractivity contribution in [2.75, 3.05) is 26.2 Å².